The van der Waals surface area contributed by atoms with E-state index in [0.717, 1.165) is 0 Å². The van der Waals surface area contributed by atoms with Gasteiger partial charge in [-0.1, -0.05) is 0 Å². The van der Waals surface area contributed by atoms with Crippen LogP contribution in [0.15, 0.2) is 0 Å². The van der Waals surface area contributed by atoms with Crippen molar-refractivity contribution in [3.63, 3.8) is 0 Å². The van der Waals surface area contributed by atoms with Gasteiger partial charge in [0.05, 0.1) is 6.10 Å². The Morgan fingerprint density at radius 3 is 2.46 bits per heavy atom. The SMILES string of the molecule is COC1OC(C(O)O)CC(O)C1O. The first-order valence-corrected chi connectivity index (χ1v) is 3.96. The Hall–Kier alpha value is -0.240. The van der Waals surface area contributed by atoms with Gasteiger partial charge < -0.3 is 29.9 Å². The topological polar surface area (TPSA) is 99.4 Å². The maximum Gasteiger partial charge on any atom is 0.186 e. The highest BCUT2D eigenvalue weighted by Gasteiger charge is 2.39. The van der Waals surface area contributed by atoms with Crippen LogP contribution in [0.25, 0.3) is 0 Å². The molecule has 6 heteroatoms. The van der Waals surface area contributed by atoms with E-state index in [1.807, 2.05) is 0 Å². The van der Waals surface area contributed by atoms with Gasteiger partial charge in [-0.3, -0.25) is 0 Å². The van der Waals surface area contributed by atoms with Crippen LogP contribution in [0.4, 0.5) is 0 Å². The van der Waals surface area contributed by atoms with Gasteiger partial charge in [0.25, 0.3) is 0 Å². The molecule has 1 aliphatic heterocycles. The quantitative estimate of drug-likeness (QED) is 0.372. The van der Waals surface area contributed by atoms with E-state index in [2.05, 4.69) is 0 Å². The van der Waals surface area contributed by atoms with E-state index in [-0.39, 0.29) is 6.42 Å². The van der Waals surface area contributed by atoms with Crippen LogP contribution < -0.4 is 0 Å². The summed E-state index contributed by atoms with van der Waals surface area (Å²) < 4.78 is 9.65. The molecule has 4 unspecified atom stereocenters. The second kappa shape index (κ2) is 4.32. The normalized spacial score (nSPS) is 41.1. The molecule has 0 bridgehead atoms. The van der Waals surface area contributed by atoms with E-state index in [1.165, 1.54) is 7.11 Å². The Morgan fingerprint density at radius 2 is 2.00 bits per heavy atom. The van der Waals surface area contributed by atoms with Gasteiger partial charge in [0, 0.05) is 13.5 Å². The molecule has 1 fully saturated rings. The van der Waals surface area contributed by atoms with Crippen LogP contribution in [0.3, 0.4) is 0 Å². The van der Waals surface area contributed by atoms with E-state index in [9.17, 15) is 10.2 Å². The van der Waals surface area contributed by atoms with E-state index in [4.69, 9.17) is 19.7 Å². The summed E-state index contributed by atoms with van der Waals surface area (Å²) in [6.45, 7) is 0. The molecule has 6 nitrogen and oxygen atoms in total. The van der Waals surface area contributed by atoms with Gasteiger partial charge in [-0.25, -0.2) is 0 Å². The number of ether oxygens (including phenoxy) is 2. The van der Waals surface area contributed by atoms with Gasteiger partial charge >= 0.3 is 0 Å². The molecule has 1 aliphatic rings. The van der Waals surface area contributed by atoms with Gasteiger partial charge in [-0.15, -0.1) is 0 Å². The van der Waals surface area contributed by atoms with Gasteiger partial charge in [0.1, 0.15) is 12.2 Å². The van der Waals surface area contributed by atoms with Gasteiger partial charge in [0.2, 0.25) is 0 Å². The average Bonchev–Trinajstić information content (AvgIpc) is 2.09. The molecule has 0 amide bonds. The fraction of sp³-hybridized carbons (Fsp3) is 1.00. The highest BCUT2D eigenvalue weighted by Crippen LogP contribution is 2.22. The minimum atomic E-state index is -1.68. The monoisotopic (exact) mass is 194 g/mol. The fourth-order valence-corrected chi connectivity index (χ4v) is 1.25. The molecule has 4 atom stereocenters. The highest BCUT2D eigenvalue weighted by molar-refractivity contribution is 4.81. The standard InChI is InChI=1S/C7H14O6/c1-12-7-5(9)3(8)2-4(13-7)6(10)11/h3-11H,2H2,1H3. The molecule has 0 aliphatic carbocycles. The summed E-state index contributed by atoms with van der Waals surface area (Å²) in [5.41, 5.74) is 0. The summed E-state index contributed by atoms with van der Waals surface area (Å²) >= 11 is 0. The number of aliphatic hydroxyl groups is 4. The summed E-state index contributed by atoms with van der Waals surface area (Å²) in [4.78, 5) is 0. The Bertz CT molecular complexity index is 161. The zero-order valence-corrected chi connectivity index (χ0v) is 7.20. The van der Waals surface area contributed by atoms with Crippen molar-refractivity contribution in [2.45, 2.75) is 37.3 Å². The van der Waals surface area contributed by atoms with E-state index in [1.54, 1.807) is 0 Å². The third-order valence-electron chi connectivity index (χ3n) is 2.02. The van der Waals surface area contributed by atoms with Crippen molar-refractivity contribution in [3.8, 4) is 0 Å². The summed E-state index contributed by atoms with van der Waals surface area (Å²) in [6, 6.07) is 0. The van der Waals surface area contributed by atoms with Crippen LogP contribution in [-0.4, -0.2) is 58.4 Å². The maximum atomic E-state index is 9.27. The molecule has 0 aromatic rings. The molecule has 0 saturated carbocycles. The Balaban J connectivity index is 2.58. The summed E-state index contributed by atoms with van der Waals surface area (Å²) in [6.07, 6.45) is -5.87. The Morgan fingerprint density at radius 1 is 1.38 bits per heavy atom. The Kier molecular flexibility index (Phi) is 3.60. The van der Waals surface area contributed by atoms with E-state index < -0.39 is 30.9 Å². The second-order valence-corrected chi connectivity index (χ2v) is 2.99. The van der Waals surface area contributed by atoms with Crippen molar-refractivity contribution in [2.24, 2.45) is 0 Å². The van der Waals surface area contributed by atoms with Crippen molar-refractivity contribution in [1.82, 2.24) is 0 Å². The molecule has 1 rings (SSSR count). The number of methoxy groups -OCH3 is 1. The van der Waals surface area contributed by atoms with Crippen LogP contribution in [0.2, 0.25) is 0 Å². The van der Waals surface area contributed by atoms with Gasteiger partial charge in [-0.2, -0.15) is 0 Å². The summed E-state index contributed by atoms with van der Waals surface area (Å²) in [7, 11) is 1.30. The highest BCUT2D eigenvalue weighted by atomic mass is 16.7. The third kappa shape index (κ3) is 2.37. The first kappa shape index (κ1) is 10.8. The molecule has 78 valence electrons. The molecule has 1 heterocycles. The van der Waals surface area contributed by atoms with Crippen LogP contribution in [0.5, 0.6) is 0 Å². The van der Waals surface area contributed by atoms with Crippen molar-refractivity contribution < 1.29 is 29.9 Å². The van der Waals surface area contributed by atoms with Gasteiger partial charge in [0.15, 0.2) is 12.6 Å². The zero-order chi connectivity index (χ0) is 10.0. The summed E-state index contributed by atoms with van der Waals surface area (Å²) in [5, 5.41) is 36.1. The molecule has 0 spiro atoms. The summed E-state index contributed by atoms with van der Waals surface area (Å²) in [5.74, 6) is 0. The lowest BCUT2D eigenvalue weighted by atomic mass is 10.0. The third-order valence-corrected chi connectivity index (χ3v) is 2.02. The number of hydrogen-bond acceptors (Lipinski definition) is 6. The lowest BCUT2D eigenvalue weighted by Gasteiger charge is -2.36. The molecule has 1 saturated heterocycles. The van der Waals surface area contributed by atoms with Crippen LogP contribution in [0.1, 0.15) is 6.42 Å². The van der Waals surface area contributed by atoms with Crippen molar-refractivity contribution in [2.75, 3.05) is 7.11 Å². The maximum absolute atomic E-state index is 9.27. The van der Waals surface area contributed by atoms with Crippen molar-refractivity contribution in [1.29, 1.82) is 0 Å². The smallest absolute Gasteiger partial charge is 0.186 e. The molecule has 4 N–H and O–H groups in total. The second-order valence-electron chi connectivity index (χ2n) is 2.99. The molecular weight excluding hydrogens is 180 g/mol. The Labute approximate surface area is 75.3 Å². The fourth-order valence-electron chi connectivity index (χ4n) is 1.25. The molecule has 0 aromatic carbocycles. The van der Waals surface area contributed by atoms with E-state index in [0.29, 0.717) is 0 Å². The average molecular weight is 194 g/mol. The van der Waals surface area contributed by atoms with Crippen LogP contribution >= 0.6 is 0 Å². The molecule has 13 heavy (non-hydrogen) atoms. The molecular formula is C7H14O6. The van der Waals surface area contributed by atoms with Crippen LogP contribution in [0, 0.1) is 0 Å². The largest absolute Gasteiger partial charge is 0.390 e. The van der Waals surface area contributed by atoms with Crippen LogP contribution in [-0.2, 0) is 9.47 Å². The van der Waals surface area contributed by atoms with E-state index >= 15 is 0 Å². The van der Waals surface area contributed by atoms with Crippen molar-refractivity contribution in [3.05, 3.63) is 0 Å². The predicted molar refractivity (Wildman–Crippen MR) is 40.5 cm³/mol. The first-order valence-electron chi connectivity index (χ1n) is 3.96. The number of hydrogen-bond donors (Lipinski definition) is 4. The lowest BCUT2D eigenvalue weighted by Crippen LogP contribution is -2.52. The molecule has 0 aromatic heterocycles. The van der Waals surface area contributed by atoms with Gasteiger partial charge in [-0.05, 0) is 0 Å². The van der Waals surface area contributed by atoms with Crippen molar-refractivity contribution >= 4 is 0 Å². The first-order chi connectivity index (χ1) is 6.06. The lowest BCUT2D eigenvalue weighted by molar-refractivity contribution is -0.292. The predicted octanol–water partition coefficient (Wildman–Crippen LogP) is -2.22. The number of aliphatic hydroxyl groups excluding tert-OH is 3. The zero-order valence-electron chi connectivity index (χ0n) is 7.20. The number of rotatable bonds is 2. The minimum absolute atomic E-state index is 0.0291. The molecule has 0 radical (unpaired) electrons. The minimum Gasteiger partial charge on any atom is -0.390 e.